The van der Waals surface area contributed by atoms with Crippen LogP contribution in [0, 0.1) is 11.6 Å². The van der Waals surface area contributed by atoms with Gasteiger partial charge in [-0.25, -0.2) is 13.5 Å². The SMILES string of the molecule is CCCc1nnc2n1N[C@@H](c1ccc(F)cc1)[C@H](C(=O)Nc1ccccc1F)S2. The highest BCUT2D eigenvalue weighted by Crippen LogP contribution is 2.37. The molecule has 6 nitrogen and oxygen atoms in total. The van der Waals surface area contributed by atoms with E-state index in [0.29, 0.717) is 5.16 Å². The standard InChI is InChI=1S/C20H19F2N5OS/c1-2-5-16-24-25-20-27(16)26-17(12-8-10-13(21)11-9-12)18(29-20)19(28)23-15-7-4-3-6-14(15)22/h3-4,6-11,17-18,26H,2,5H2,1H3,(H,23,28)/t17-,18+/m0/s1. The lowest BCUT2D eigenvalue weighted by Gasteiger charge is -2.33. The Kier molecular flexibility index (Phi) is 5.48. The van der Waals surface area contributed by atoms with Gasteiger partial charge in [0.2, 0.25) is 11.1 Å². The minimum Gasteiger partial charge on any atom is -0.323 e. The molecule has 4 rings (SSSR count). The third kappa shape index (κ3) is 3.95. The van der Waals surface area contributed by atoms with Gasteiger partial charge in [0.1, 0.15) is 16.9 Å². The molecular formula is C20H19F2N5OS. The number of hydrogen-bond acceptors (Lipinski definition) is 5. The summed E-state index contributed by atoms with van der Waals surface area (Å²) in [5, 5.41) is 10.9. The van der Waals surface area contributed by atoms with Crippen LogP contribution in [0.25, 0.3) is 0 Å². The smallest absolute Gasteiger partial charge is 0.240 e. The minimum atomic E-state index is -0.661. The highest BCUT2D eigenvalue weighted by molar-refractivity contribution is 8.00. The summed E-state index contributed by atoms with van der Waals surface area (Å²) in [4.78, 5) is 13.0. The molecule has 0 radical (unpaired) electrons. The van der Waals surface area contributed by atoms with Crippen molar-refractivity contribution in [3.63, 3.8) is 0 Å². The Labute approximate surface area is 170 Å². The van der Waals surface area contributed by atoms with Crippen molar-refractivity contribution in [1.82, 2.24) is 14.9 Å². The van der Waals surface area contributed by atoms with Gasteiger partial charge in [-0.15, -0.1) is 10.2 Å². The van der Waals surface area contributed by atoms with Crippen molar-refractivity contribution in [3.8, 4) is 0 Å². The molecule has 9 heteroatoms. The van der Waals surface area contributed by atoms with Crippen LogP contribution in [0.1, 0.15) is 30.8 Å². The lowest BCUT2D eigenvalue weighted by atomic mass is 10.0. The van der Waals surface area contributed by atoms with Gasteiger partial charge >= 0.3 is 0 Å². The van der Waals surface area contributed by atoms with Crippen molar-refractivity contribution in [2.75, 3.05) is 10.7 Å². The summed E-state index contributed by atoms with van der Waals surface area (Å²) in [7, 11) is 0. The topological polar surface area (TPSA) is 71.8 Å². The van der Waals surface area contributed by atoms with E-state index in [-0.39, 0.29) is 17.4 Å². The van der Waals surface area contributed by atoms with Gasteiger partial charge in [-0.2, -0.15) is 0 Å². The van der Waals surface area contributed by atoms with E-state index in [1.807, 2.05) is 6.92 Å². The van der Waals surface area contributed by atoms with Crippen LogP contribution in [0.15, 0.2) is 53.7 Å². The van der Waals surface area contributed by atoms with Crippen molar-refractivity contribution < 1.29 is 13.6 Å². The second-order valence-corrected chi connectivity index (χ2v) is 7.76. The van der Waals surface area contributed by atoms with Gasteiger partial charge in [0.25, 0.3) is 0 Å². The van der Waals surface area contributed by atoms with Crippen LogP contribution in [-0.2, 0) is 11.2 Å². The number of aryl methyl sites for hydroxylation is 1. The van der Waals surface area contributed by atoms with Crippen molar-refractivity contribution in [2.45, 2.75) is 36.2 Å². The molecule has 29 heavy (non-hydrogen) atoms. The number of benzene rings is 2. The summed E-state index contributed by atoms with van der Waals surface area (Å²) >= 11 is 1.24. The molecule has 0 spiro atoms. The summed E-state index contributed by atoms with van der Waals surface area (Å²) < 4.78 is 29.2. The molecule has 2 heterocycles. The minimum absolute atomic E-state index is 0.106. The number of carbonyl (C=O) groups is 1. The number of anilines is 1. The normalized spacial score (nSPS) is 18.0. The van der Waals surface area contributed by atoms with Gasteiger partial charge in [0, 0.05) is 6.42 Å². The summed E-state index contributed by atoms with van der Waals surface area (Å²) in [5.41, 5.74) is 4.13. The first-order valence-corrected chi connectivity index (χ1v) is 10.1. The fourth-order valence-corrected chi connectivity index (χ4v) is 4.27. The van der Waals surface area contributed by atoms with Crippen molar-refractivity contribution in [2.24, 2.45) is 0 Å². The lowest BCUT2D eigenvalue weighted by Crippen LogP contribution is -2.41. The van der Waals surface area contributed by atoms with Crippen molar-refractivity contribution >= 4 is 23.4 Å². The molecule has 3 aromatic rings. The van der Waals surface area contributed by atoms with Gasteiger partial charge in [0.05, 0.1) is 11.7 Å². The quantitative estimate of drug-likeness (QED) is 0.661. The lowest BCUT2D eigenvalue weighted by molar-refractivity contribution is -0.116. The molecule has 0 saturated heterocycles. The highest BCUT2D eigenvalue weighted by Gasteiger charge is 2.38. The Morgan fingerprint density at radius 1 is 1.17 bits per heavy atom. The zero-order chi connectivity index (χ0) is 20.4. The molecule has 2 aromatic carbocycles. The maximum Gasteiger partial charge on any atom is 0.240 e. The monoisotopic (exact) mass is 415 g/mol. The van der Waals surface area contributed by atoms with Crippen LogP contribution >= 0.6 is 11.8 Å². The Hall–Kier alpha value is -2.94. The molecule has 1 aliphatic rings. The Morgan fingerprint density at radius 2 is 1.93 bits per heavy atom. The Balaban J connectivity index is 1.67. The average Bonchev–Trinajstić information content (AvgIpc) is 3.11. The first kappa shape index (κ1) is 19.4. The molecule has 150 valence electrons. The molecule has 0 fully saturated rings. The number of amides is 1. The van der Waals surface area contributed by atoms with Gasteiger partial charge in [-0.3, -0.25) is 4.79 Å². The Bertz CT molecular complexity index is 1020. The molecular weight excluding hydrogens is 396 g/mol. The highest BCUT2D eigenvalue weighted by atomic mass is 32.2. The van der Waals surface area contributed by atoms with Gasteiger partial charge in [0.15, 0.2) is 5.82 Å². The summed E-state index contributed by atoms with van der Waals surface area (Å²) in [6.45, 7) is 2.04. The van der Waals surface area contributed by atoms with Crippen LogP contribution in [0.3, 0.4) is 0 Å². The molecule has 0 aliphatic carbocycles. The zero-order valence-corrected chi connectivity index (χ0v) is 16.4. The number of thioether (sulfide) groups is 1. The summed E-state index contributed by atoms with van der Waals surface area (Å²) in [5.74, 6) is -0.495. The van der Waals surface area contributed by atoms with Crippen LogP contribution in [-0.4, -0.2) is 26.0 Å². The largest absolute Gasteiger partial charge is 0.323 e. The number of aromatic nitrogens is 3. The average molecular weight is 415 g/mol. The van der Waals surface area contributed by atoms with E-state index in [9.17, 15) is 13.6 Å². The maximum absolute atomic E-state index is 14.0. The molecule has 0 bridgehead atoms. The number of rotatable bonds is 5. The Morgan fingerprint density at radius 3 is 2.66 bits per heavy atom. The predicted octanol–water partition coefficient (Wildman–Crippen LogP) is 3.91. The first-order chi connectivity index (χ1) is 14.1. The third-order valence-corrected chi connectivity index (χ3v) is 5.81. The molecule has 1 aromatic heterocycles. The summed E-state index contributed by atoms with van der Waals surface area (Å²) in [6, 6.07) is 11.5. The number of carbonyl (C=O) groups excluding carboxylic acids is 1. The van der Waals surface area contributed by atoms with E-state index in [1.54, 1.807) is 28.9 Å². The zero-order valence-electron chi connectivity index (χ0n) is 15.6. The number of halogens is 2. The van der Waals surface area contributed by atoms with E-state index in [0.717, 1.165) is 24.2 Å². The van der Waals surface area contributed by atoms with E-state index < -0.39 is 17.1 Å². The molecule has 1 aliphatic heterocycles. The van der Waals surface area contributed by atoms with E-state index in [4.69, 9.17) is 0 Å². The molecule has 0 unspecified atom stereocenters. The molecule has 0 saturated carbocycles. The fraction of sp³-hybridized carbons (Fsp3) is 0.250. The van der Waals surface area contributed by atoms with Crippen LogP contribution < -0.4 is 10.7 Å². The first-order valence-electron chi connectivity index (χ1n) is 9.25. The fourth-order valence-electron chi connectivity index (χ4n) is 3.17. The molecule has 2 N–H and O–H groups in total. The predicted molar refractivity (Wildman–Crippen MR) is 107 cm³/mol. The molecule has 1 amide bonds. The second kappa shape index (κ2) is 8.20. The van der Waals surface area contributed by atoms with Gasteiger partial charge in [-0.1, -0.05) is 43.0 Å². The number of nitrogens with one attached hydrogen (secondary N) is 2. The number of para-hydroxylation sites is 1. The number of fused-ring (bicyclic) bond motifs is 1. The third-order valence-electron chi connectivity index (χ3n) is 4.60. The van der Waals surface area contributed by atoms with E-state index in [1.165, 1.54) is 36.0 Å². The summed E-state index contributed by atoms with van der Waals surface area (Å²) in [6.07, 6.45) is 1.62. The van der Waals surface area contributed by atoms with Crippen LogP contribution in [0.2, 0.25) is 0 Å². The second-order valence-electron chi connectivity index (χ2n) is 6.65. The number of hydrogen-bond donors (Lipinski definition) is 2. The van der Waals surface area contributed by atoms with Crippen LogP contribution in [0.5, 0.6) is 0 Å². The van der Waals surface area contributed by atoms with Crippen molar-refractivity contribution in [3.05, 3.63) is 71.6 Å². The van der Waals surface area contributed by atoms with E-state index >= 15 is 0 Å². The van der Waals surface area contributed by atoms with E-state index in [2.05, 4.69) is 20.9 Å². The number of nitrogens with zero attached hydrogens (tertiary/aromatic N) is 3. The van der Waals surface area contributed by atoms with Gasteiger partial charge < -0.3 is 10.7 Å². The van der Waals surface area contributed by atoms with Crippen LogP contribution in [0.4, 0.5) is 14.5 Å². The van der Waals surface area contributed by atoms with Gasteiger partial charge in [-0.05, 0) is 36.2 Å². The van der Waals surface area contributed by atoms with Crippen molar-refractivity contribution in [1.29, 1.82) is 0 Å². The molecule has 2 atom stereocenters. The maximum atomic E-state index is 14.0.